The van der Waals surface area contributed by atoms with Crippen molar-refractivity contribution in [3.8, 4) is 5.88 Å². The predicted octanol–water partition coefficient (Wildman–Crippen LogP) is 4.96. The normalized spacial score (nSPS) is 10.9. The highest BCUT2D eigenvalue weighted by Gasteiger charge is 2.18. The lowest BCUT2D eigenvalue weighted by molar-refractivity contribution is 0.0949. The van der Waals surface area contributed by atoms with Gasteiger partial charge in [0.25, 0.3) is 5.91 Å². The summed E-state index contributed by atoms with van der Waals surface area (Å²) in [5.74, 6) is 0.145. The summed E-state index contributed by atoms with van der Waals surface area (Å²) >= 11 is 0. The summed E-state index contributed by atoms with van der Waals surface area (Å²) in [6, 6.07) is 28.1. The number of hydrogen-bond acceptors (Lipinski definition) is 3. The van der Waals surface area contributed by atoms with Crippen LogP contribution in [0.2, 0.25) is 0 Å². The summed E-state index contributed by atoms with van der Waals surface area (Å²) in [5, 5.41) is 8.78. The number of para-hydroxylation sites is 1. The molecule has 3 aromatic carbocycles. The Bertz CT molecular complexity index is 1370. The first-order chi connectivity index (χ1) is 16.8. The van der Waals surface area contributed by atoms with Gasteiger partial charge >= 0.3 is 0 Å². The van der Waals surface area contributed by atoms with E-state index in [9.17, 15) is 4.79 Å². The molecule has 0 saturated carbocycles. The van der Waals surface area contributed by atoms with E-state index in [1.54, 1.807) is 10.9 Å². The molecule has 2 N–H and O–H groups in total. The molecule has 5 aromatic rings. The molecule has 5 rings (SSSR count). The molecule has 1 amide bonds. The third-order valence-corrected chi connectivity index (χ3v) is 5.73. The average Bonchev–Trinajstić information content (AvgIpc) is 3.48. The number of aromatic amines is 1. The first kappa shape index (κ1) is 21.5. The minimum absolute atomic E-state index is 0.192. The van der Waals surface area contributed by atoms with Crippen LogP contribution in [0.3, 0.4) is 0 Å². The Morgan fingerprint density at radius 1 is 0.912 bits per heavy atom. The van der Waals surface area contributed by atoms with Crippen LogP contribution in [-0.4, -0.2) is 27.2 Å². The molecule has 0 aliphatic rings. The predicted molar refractivity (Wildman–Crippen MR) is 133 cm³/mol. The van der Waals surface area contributed by atoms with Crippen LogP contribution < -0.4 is 10.1 Å². The summed E-state index contributed by atoms with van der Waals surface area (Å²) in [6.45, 7) is 1.42. The first-order valence-corrected chi connectivity index (χ1v) is 11.4. The topological polar surface area (TPSA) is 71.9 Å². The van der Waals surface area contributed by atoms with Gasteiger partial charge in [-0.25, -0.2) is 0 Å². The number of carbonyl (C=O) groups excluding carboxylic acids is 1. The molecule has 2 heterocycles. The van der Waals surface area contributed by atoms with Gasteiger partial charge in [-0.2, -0.15) is 0 Å². The van der Waals surface area contributed by atoms with Crippen LogP contribution in [0.5, 0.6) is 5.88 Å². The third-order valence-electron chi connectivity index (χ3n) is 5.73. The molecule has 170 valence electrons. The summed E-state index contributed by atoms with van der Waals surface area (Å²) in [6.07, 6.45) is 4.49. The Kier molecular flexibility index (Phi) is 6.38. The van der Waals surface area contributed by atoms with Gasteiger partial charge in [-0.05, 0) is 29.2 Å². The van der Waals surface area contributed by atoms with Gasteiger partial charge in [-0.1, -0.05) is 78.9 Å². The van der Waals surface area contributed by atoms with Crippen LogP contribution in [0.1, 0.15) is 27.0 Å². The molecule has 0 spiro atoms. The number of H-pyrrole nitrogens is 1. The molecule has 0 aliphatic carbocycles. The van der Waals surface area contributed by atoms with Gasteiger partial charge in [0.05, 0.1) is 6.54 Å². The molecule has 0 unspecified atom stereocenters. The Hall–Kier alpha value is -4.32. The number of carbonyl (C=O) groups is 1. The molecular weight excluding hydrogens is 424 g/mol. The molecule has 0 atom stereocenters. The lowest BCUT2D eigenvalue weighted by Crippen LogP contribution is -2.25. The Balaban J connectivity index is 1.29. The highest BCUT2D eigenvalue weighted by Crippen LogP contribution is 2.20. The molecular formula is C28H26N4O2. The molecule has 0 bridgehead atoms. The number of amides is 1. The van der Waals surface area contributed by atoms with E-state index in [0.717, 1.165) is 23.1 Å². The van der Waals surface area contributed by atoms with Crippen LogP contribution in [0, 0.1) is 0 Å². The number of aromatic nitrogens is 3. The zero-order valence-electron chi connectivity index (χ0n) is 18.8. The molecule has 0 radical (unpaired) electrons. The van der Waals surface area contributed by atoms with E-state index in [1.165, 1.54) is 10.9 Å². The van der Waals surface area contributed by atoms with E-state index in [-0.39, 0.29) is 5.91 Å². The zero-order chi connectivity index (χ0) is 23.2. The zero-order valence-corrected chi connectivity index (χ0v) is 18.8. The van der Waals surface area contributed by atoms with Crippen LogP contribution in [0.25, 0.3) is 10.9 Å². The summed E-state index contributed by atoms with van der Waals surface area (Å²) in [4.78, 5) is 16.4. The lowest BCUT2D eigenvalue weighted by atomic mass is 10.1. The molecule has 6 nitrogen and oxygen atoms in total. The van der Waals surface area contributed by atoms with Crippen LogP contribution in [-0.2, 0) is 19.6 Å². The standard InChI is InChI=1S/C28H26N4O2/c33-27(29-16-15-23-17-30-26-14-8-7-13-24(23)26)25-19-32(18-21-9-3-1-4-10-21)31-28(25)34-20-22-11-5-2-6-12-22/h1-14,17,19,30H,15-16,18,20H2,(H,29,33). The largest absolute Gasteiger partial charge is 0.471 e. The number of hydrogen-bond donors (Lipinski definition) is 2. The molecule has 0 saturated heterocycles. The van der Waals surface area contributed by atoms with Crippen molar-refractivity contribution in [1.82, 2.24) is 20.1 Å². The number of rotatable bonds is 9. The highest BCUT2D eigenvalue weighted by atomic mass is 16.5. The number of nitrogens with one attached hydrogen (secondary N) is 2. The molecule has 0 aliphatic heterocycles. The second-order valence-corrected chi connectivity index (χ2v) is 8.17. The van der Waals surface area contributed by atoms with Crippen molar-refractivity contribution < 1.29 is 9.53 Å². The van der Waals surface area contributed by atoms with Crippen molar-refractivity contribution in [1.29, 1.82) is 0 Å². The maximum absolute atomic E-state index is 13.1. The van der Waals surface area contributed by atoms with Gasteiger partial charge in [-0.3, -0.25) is 9.48 Å². The SMILES string of the molecule is O=C(NCCc1c[nH]c2ccccc12)c1cn(Cc2ccccc2)nc1OCc1ccccc1. The minimum atomic E-state index is -0.192. The number of benzene rings is 3. The number of ether oxygens (including phenoxy) is 1. The van der Waals surface area contributed by atoms with Gasteiger partial charge in [0.2, 0.25) is 5.88 Å². The Labute approximate surface area is 198 Å². The van der Waals surface area contributed by atoms with E-state index >= 15 is 0 Å². The van der Waals surface area contributed by atoms with Gasteiger partial charge < -0.3 is 15.0 Å². The second-order valence-electron chi connectivity index (χ2n) is 8.17. The maximum Gasteiger partial charge on any atom is 0.258 e. The van der Waals surface area contributed by atoms with Crippen molar-refractivity contribution in [2.45, 2.75) is 19.6 Å². The second kappa shape index (κ2) is 10.1. The number of nitrogens with zero attached hydrogens (tertiary/aromatic N) is 2. The van der Waals surface area contributed by atoms with E-state index < -0.39 is 0 Å². The molecule has 0 fully saturated rings. The van der Waals surface area contributed by atoms with Crippen LogP contribution >= 0.6 is 0 Å². The van der Waals surface area contributed by atoms with Crippen molar-refractivity contribution in [3.05, 3.63) is 120 Å². The number of fused-ring (bicyclic) bond motifs is 1. The molecule has 6 heteroatoms. The van der Waals surface area contributed by atoms with Crippen LogP contribution in [0.4, 0.5) is 0 Å². The fourth-order valence-corrected chi connectivity index (χ4v) is 3.99. The van der Waals surface area contributed by atoms with Gasteiger partial charge in [0.1, 0.15) is 12.2 Å². The van der Waals surface area contributed by atoms with E-state index in [4.69, 9.17) is 4.74 Å². The van der Waals surface area contributed by atoms with E-state index in [1.807, 2.05) is 79.0 Å². The van der Waals surface area contributed by atoms with Crippen molar-refractivity contribution in [2.75, 3.05) is 6.54 Å². The fraction of sp³-hybridized carbons (Fsp3) is 0.143. The first-order valence-electron chi connectivity index (χ1n) is 11.4. The Morgan fingerprint density at radius 3 is 2.41 bits per heavy atom. The maximum atomic E-state index is 13.1. The quantitative estimate of drug-likeness (QED) is 0.333. The monoisotopic (exact) mass is 450 g/mol. The summed E-state index contributed by atoms with van der Waals surface area (Å²) in [5.41, 5.74) is 4.83. The van der Waals surface area contributed by atoms with Crippen molar-refractivity contribution >= 4 is 16.8 Å². The third kappa shape index (κ3) is 5.02. The van der Waals surface area contributed by atoms with Gasteiger partial charge in [0, 0.05) is 29.8 Å². The highest BCUT2D eigenvalue weighted by molar-refractivity contribution is 5.96. The molecule has 34 heavy (non-hydrogen) atoms. The van der Waals surface area contributed by atoms with E-state index in [2.05, 4.69) is 27.5 Å². The van der Waals surface area contributed by atoms with Crippen molar-refractivity contribution in [3.63, 3.8) is 0 Å². The summed E-state index contributed by atoms with van der Waals surface area (Å²) < 4.78 is 7.73. The average molecular weight is 451 g/mol. The summed E-state index contributed by atoms with van der Waals surface area (Å²) in [7, 11) is 0. The fourth-order valence-electron chi connectivity index (χ4n) is 3.99. The van der Waals surface area contributed by atoms with E-state index in [0.29, 0.717) is 31.1 Å². The van der Waals surface area contributed by atoms with Gasteiger partial charge in [0.15, 0.2) is 0 Å². The minimum Gasteiger partial charge on any atom is -0.471 e. The van der Waals surface area contributed by atoms with Crippen LogP contribution in [0.15, 0.2) is 97.3 Å². The smallest absolute Gasteiger partial charge is 0.258 e. The van der Waals surface area contributed by atoms with Crippen molar-refractivity contribution in [2.24, 2.45) is 0 Å². The van der Waals surface area contributed by atoms with Gasteiger partial charge in [-0.15, -0.1) is 5.10 Å². The lowest BCUT2D eigenvalue weighted by Gasteiger charge is -2.07. The molecule has 2 aromatic heterocycles. The Morgan fingerprint density at radius 2 is 1.62 bits per heavy atom.